The lowest BCUT2D eigenvalue weighted by Gasteiger charge is -2.40. The maximum Gasteiger partial charge on any atom is 0.338 e. The summed E-state index contributed by atoms with van der Waals surface area (Å²) in [4.78, 5) is 28.0. The minimum absolute atomic E-state index is 0.250. The number of carbonyl (C=O) groups excluding carboxylic acids is 2. The van der Waals surface area contributed by atoms with Crippen molar-refractivity contribution in [2.75, 3.05) is 11.9 Å². The molecular formula is C39H46BNO4. The van der Waals surface area contributed by atoms with Crippen LogP contribution in [0.3, 0.4) is 0 Å². The first-order valence-electron chi connectivity index (χ1n) is 15.8. The fourth-order valence-electron chi connectivity index (χ4n) is 6.21. The van der Waals surface area contributed by atoms with Gasteiger partial charge in [-0.15, -0.1) is 0 Å². The normalized spacial score (nSPS) is 13.8. The van der Waals surface area contributed by atoms with Crippen molar-refractivity contribution in [1.82, 2.24) is 0 Å². The molecule has 1 aliphatic heterocycles. The lowest BCUT2D eigenvalue weighted by atomic mass is 9.43. The van der Waals surface area contributed by atoms with Crippen LogP contribution >= 0.6 is 0 Å². The zero-order valence-corrected chi connectivity index (χ0v) is 28.3. The van der Waals surface area contributed by atoms with E-state index in [1.54, 1.807) is 6.08 Å². The molecule has 0 bridgehead atoms. The molecule has 0 saturated carbocycles. The number of aryl methyl sites for hydroxylation is 4. The topological polar surface area (TPSA) is 55.8 Å². The van der Waals surface area contributed by atoms with Crippen LogP contribution in [0.15, 0.2) is 89.9 Å². The van der Waals surface area contributed by atoms with E-state index in [-0.39, 0.29) is 18.8 Å². The van der Waals surface area contributed by atoms with Crippen molar-refractivity contribution in [3.63, 3.8) is 0 Å². The Hall–Kier alpha value is -4.32. The third kappa shape index (κ3) is 7.86. The first-order valence-corrected chi connectivity index (χ1v) is 15.8. The molecule has 0 aromatic heterocycles. The maximum absolute atomic E-state index is 13.1. The Bertz CT molecular complexity index is 1640. The van der Waals surface area contributed by atoms with Crippen molar-refractivity contribution < 1.29 is 19.1 Å². The second-order valence-electron chi connectivity index (χ2n) is 12.9. The molecule has 1 aliphatic rings. The van der Waals surface area contributed by atoms with E-state index in [0.717, 1.165) is 47.2 Å². The van der Waals surface area contributed by atoms with Crippen LogP contribution in [0.5, 0.6) is 0 Å². The highest BCUT2D eigenvalue weighted by Gasteiger charge is 2.38. The number of methoxy groups -OCH3 is 1. The van der Waals surface area contributed by atoms with Gasteiger partial charge in [0.1, 0.15) is 5.60 Å². The molecule has 45 heavy (non-hydrogen) atoms. The predicted octanol–water partition coefficient (Wildman–Crippen LogP) is 8.39. The summed E-state index contributed by atoms with van der Waals surface area (Å²) in [5.74, 6) is -0.732. The van der Waals surface area contributed by atoms with Crippen LogP contribution < -0.4 is 10.3 Å². The van der Waals surface area contributed by atoms with Gasteiger partial charge >= 0.3 is 18.8 Å². The number of rotatable bonds is 9. The number of ether oxygens (including phenoxy) is 2. The number of nitrogens with zero attached hydrogens (tertiary/aromatic N) is 1. The number of esters is 2. The maximum atomic E-state index is 13.1. The second-order valence-corrected chi connectivity index (χ2v) is 12.9. The van der Waals surface area contributed by atoms with Crippen LogP contribution in [0.4, 0.5) is 5.69 Å². The first-order chi connectivity index (χ1) is 21.3. The minimum atomic E-state index is -0.595. The number of hydrogen-bond acceptors (Lipinski definition) is 5. The molecule has 0 amide bonds. The summed E-state index contributed by atoms with van der Waals surface area (Å²) in [6, 6.07) is 20.8. The minimum Gasteiger partial charge on any atom is -0.465 e. The molecule has 234 valence electrons. The highest BCUT2D eigenvalue weighted by Crippen LogP contribution is 2.38. The number of anilines is 1. The average molecular weight is 604 g/mol. The van der Waals surface area contributed by atoms with Crippen LogP contribution in [0.1, 0.15) is 85.1 Å². The molecule has 0 atom stereocenters. The summed E-state index contributed by atoms with van der Waals surface area (Å²) in [6.07, 6.45) is 8.75. The average Bonchev–Trinajstić information content (AvgIpc) is 2.97. The molecule has 5 nitrogen and oxygen atoms in total. The van der Waals surface area contributed by atoms with Crippen LogP contribution in [0, 0.1) is 27.7 Å². The second kappa shape index (κ2) is 14.2. The molecular weight excluding hydrogens is 557 g/mol. The van der Waals surface area contributed by atoms with E-state index >= 15 is 0 Å². The van der Waals surface area contributed by atoms with Crippen molar-refractivity contribution in [3.8, 4) is 0 Å². The van der Waals surface area contributed by atoms with Crippen LogP contribution in [0.25, 0.3) is 5.70 Å². The molecule has 0 aliphatic carbocycles. The van der Waals surface area contributed by atoms with Crippen molar-refractivity contribution in [2.24, 2.45) is 0 Å². The molecule has 0 N–H and O–H groups in total. The fraction of sp³-hybridized carbons (Fsp3) is 0.333. The van der Waals surface area contributed by atoms with E-state index in [9.17, 15) is 9.59 Å². The molecule has 6 heteroatoms. The molecule has 0 spiro atoms. The highest BCUT2D eigenvalue weighted by atomic mass is 16.6. The summed E-state index contributed by atoms with van der Waals surface area (Å²) in [6.45, 7) is 16.0. The van der Waals surface area contributed by atoms with Crippen molar-refractivity contribution >= 4 is 35.6 Å². The molecule has 0 fully saturated rings. The zero-order valence-electron chi connectivity index (χ0n) is 28.3. The third-order valence-electron chi connectivity index (χ3n) is 8.07. The largest absolute Gasteiger partial charge is 0.465 e. The van der Waals surface area contributed by atoms with E-state index in [1.165, 1.54) is 34.8 Å². The van der Waals surface area contributed by atoms with Gasteiger partial charge in [0.15, 0.2) is 0 Å². The number of hydrogen-bond donors (Lipinski definition) is 0. The van der Waals surface area contributed by atoms with Gasteiger partial charge < -0.3 is 14.3 Å². The monoisotopic (exact) mass is 603 g/mol. The highest BCUT2D eigenvalue weighted by molar-refractivity contribution is 6.86. The number of unbranched alkanes of at least 4 members (excludes halogenated alkanes) is 1. The Kier molecular flexibility index (Phi) is 10.6. The van der Waals surface area contributed by atoms with Gasteiger partial charge in [-0.2, -0.15) is 0 Å². The van der Waals surface area contributed by atoms with Gasteiger partial charge in [0.05, 0.1) is 12.7 Å². The quantitative estimate of drug-likeness (QED) is 0.140. The standard InChI is InChI=1S/C39H46BNO4/c1-10-11-15-31-25-35(30-16-13-12-14-17-30)41(32-18-19-33(27(3)24-32)38(43)44-9)40(37-28(4)22-26(2)23-29(37)5)34(31)20-21-36(42)45-39(6,7)8/h12-14,16-25H,10-11,15H2,1-9H3/b21-20+. The molecule has 1 heterocycles. The Morgan fingerprint density at radius 1 is 0.911 bits per heavy atom. The lowest BCUT2D eigenvalue weighted by Crippen LogP contribution is -2.53. The summed E-state index contributed by atoms with van der Waals surface area (Å²) in [7, 11) is 1.40. The molecule has 0 saturated heterocycles. The molecule has 3 aromatic carbocycles. The van der Waals surface area contributed by atoms with Gasteiger partial charge in [-0.25, -0.2) is 9.59 Å². The SMILES string of the molecule is CCCCC1=C(/C=C/C(=O)OC(C)(C)C)B(c2c(C)cc(C)cc2C)N(c2ccc(C(=O)OC)c(C)c2)C(c2ccccc2)=C1. The Balaban J connectivity index is 2.08. The van der Waals surface area contributed by atoms with Gasteiger partial charge in [0.2, 0.25) is 0 Å². The van der Waals surface area contributed by atoms with Crippen LogP contribution in [-0.4, -0.2) is 31.5 Å². The number of allylic oxidation sites excluding steroid dienone is 4. The third-order valence-corrected chi connectivity index (χ3v) is 8.07. The van der Waals surface area contributed by atoms with Gasteiger partial charge in [-0.3, -0.25) is 0 Å². The summed E-state index contributed by atoms with van der Waals surface area (Å²) in [5.41, 5.74) is 10.9. The van der Waals surface area contributed by atoms with E-state index in [0.29, 0.717) is 5.56 Å². The van der Waals surface area contributed by atoms with E-state index in [1.807, 2.05) is 52.0 Å². The van der Waals surface area contributed by atoms with Crippen molar-refractivity contribution in [3.05, 3.63) is 123 Å². The van der Waals surface area contributed by atoms with Gasteiger partial charge in [-0.1, -0.05) is 78.6 Å². The Morgan fingerprint density at radius 2 is 1.58 bits per heavy atom. The summed E-state index contributed by atoms with van der Waals surface area (Å²) < 4.78 is 10.8. The summed E-state index contributed by atoms with van der Waals surface area (Å²) in [5, 5.41) is 0. The predicted molar refractivity (Wildman–Crippen MR) is 187 cm³/mol. The smallest absolute Gasteiger partial charge is 0.338 e. The molecule has 0 radical (unpaired) electrons. The van der Waals surface area contributed by atoms with Gasteiger partial charge in [-0.05, 0) is 113 Å². The van der Waals surface area contributed by atoms with E-state index < -0.39 is 5.60 Å². The molecule has 3 aromatic rings. The number of benzene rings is 3. The van der Waals surface area contributed by atoms with E-state index in [2.05, 4.69) is 81.0 Å². The lowest BCUT2D eigenvalue weighted by molar-refractivity contribution is -0.148. The molecule has 0 unspecified atom stereocenters. The van der Waals surface area contributed by atoms with Crippen LogP contribution in [0.2, 0.25) is 0 Å². The number of carbonyl (C=O) groups is 2. The van der Waals surface area contributed by atoms with Crippen molar-refractivity contribution in [2.45, 2.75) is 80.3 Å². The Morgan fingerprint density at radius 3 is 2.16 bits per heavy atom. The zero-order chi connectivity index (χ0) is 32.9. The first kappa shape index (κ1) is 33.6. The van der Waals surface area contributed by atoms with Crippen molar-refractivity contribution in [1.29, 1.82) is 0 Å². The van der Waals surface area contributed by atoms with Gasteiger partial charge in [0, 0.05) is 17.5 Å². The molecule has 4 rings (SSSR count). The van der Waals surface area contributed by atoms with Crippen LogP contribution in [-0.2, 0) is 14.3 Å². The van der Waals surface area contributed by atoms with E-state index in [4.69, 9.17) is 9.47 Å². The van der Waals surface area contributed by atoms with Gasteiger partial charge in [0.25, 0.3) is 0 Å². The fourth-order valence-corrected chi connectivity index (χ4v) is 6.21. The Labute approximate surface area is 269 Å². The summed E-state index contributed by atoms with van der Waals surface area (Å²) >= 11 is 0.